The van der Waals surface area contributed by atoms with Crippen LogP contribution in [0.25, 0.3) is 0 Å². The first kappa shape index (κ1) is 18.1. The fourth-order valence-electron chi connectivity index (χ4n) is 2.62. The third kappa shape index (κ3) is 5.13. The van der Waals surface area contributed by atoms with E-state index < -0.39 is 25.0 Å². The Bertz CT molecular complexity index is 647. The fraction of sp³-hybridized carbons (Fsp3) is 0.368. The average molecular weight is 347 g/mol. The Morgan fingerprint density at radius 1 is 1.00 bits per heavy atom. The summed E-state index contributed by atoms with van der Waals surface area (Å²) in [6, 6.07) is 18.2. The predicted octanol–water partition coefficient (Wildman–Crippen LogP) is 4.54. The second kappa shape index (κ2) is 7.56. The summed E-state index contributed by atoms with van der Waals surface area (Å²) in [4.78, 5) is 0.800. The van der Waals surface area contributed by atoms with Gasteiger partial charge in [-0.15, -0.1) is 0 Å². The normalized spacial score (nSPS) is 15.9. The summed E-state index contributed by atoms with van der Waals surface area (Å²) in [5, 5.41) is 10.6. The van der Waals surface area contributed by atoms with E-state index in [0.717, 1.165) is 22.1 Å². The maximum absolute atomic E-state index is 13.1. The molecule has 3 atom stereocenters. The Balaban J connectivity index is 2.33. The molecule has 0 amide bonds. The minimum atomic E-state index is -1.48. The number of hydrogen-bond acceptors (Lipinski definition) is 2. The zero-order chi connectivity index (χ0) is 17.0. The molecule has 2 nitrogen and oxygen atoms in total. The largest absolute Gasteiger partial charge is 0.387 e. The number of rotatable bonds is 6. The standard InChI is InChI=1S/C19H26O2SSi/c1-15-10-12-17(13-11-15)22(21)18(14-23(2,3)4)19(20)16-8-6-5-7-9-16/h5-13,18-20H,14H2,1-4H3/t18-,19+,22?/m0/s1. The van der Waals surface area contributed by atoms with Gasteiger partial charge in [0.05, 0.1) is 22.2 Å². The third-order valence-corrected chi connectivity index (χ3v) is 7.51. The van der Waals surface area contributed by atoms with Crippen LogP contribution in [0, 0.1) is 6.92 Å². The van der Waals surface area contributed by atoms with Crippen molar-refractivity contribution in [3.05, 3.63) is 65.7 Å². The molecule has 124 valence electrons. The Morgan fingerprint density at radius 2 is 1.57 bits per heavy atom. The van der Waals surface area contributed by atoms with Crippen LogP contribution < -0.4 is 0 Å². The van der Waals surface area contributed by atoms with Crippen molar-refractivity contribution in [3.63, 3.8) is 0 Å². The first-order chi connectivity index (χ1) is 10.8. The van der Waals surface area contributed by atoms with E-state index >= 15 is 0 Å². The highest BCUT2D eigenvalue weighted by atomic mass is 32.2. The molecule has 0 bridgehead atoms. The van der Waals surface area contributed by atoms with Crippen LogP contribution in [-0.2, 0) is 10.8 Å². The lowest BCUT2D eigenvalue weighted by molar-refractivity contribution is 0.177. The molecule has 1 N–H and O–H groups in total. The van der Waals surface area contributed by atoms with E-state index in [1.54, 1.807) is 0 Å². The SMILES string of the molecule is Cc1ccc(S(=O)[C@@H](C[Si](C)(C)C)[C@H](O)c2ccccc2)cc1. The molecule has 0 heterocycles. The molecule has 2 rings (SSSR count). The van der Waals surface area contributed by atoms with Crippen molar-refractivity contribution in [1.82, 2.24) is 0 Å². The van der Waals surface area contributed by atoms with Gasteiger partial charge in [-0.3, -0.25) is 4.21 Å². The average Bonchev–Trinajstić information content (AvgIpc) is 2.52. The van der Waals surface area contributed by atoms with E-state index in [0.29, 0.717) is 0 Å². The molecule has 1 unspecified atom stereocenters. The lowest BCUT2D eigenvalue weighted by Crippen LogP contribution is -2.33. The van der Waals surface area contributed by atoms with Gasteiger partial charge in [-0.25, -0.2) is 0 Å². The first-order valence-corrected chi connectivity index (χ1v) is 12.9. The number of aliphatic hydroxyl groups excluding tert-OH is 1. The summed E-state index contributed by atoms with van der Waals surface area (Å²) in [6.45, 7) is 8.78. The lowest BCUT2D eigenvalue weighted by atomic mass is 10.1. The van der Waals surface area contributed by atoms with E-state index in [9.17, 15) is 9.32 Å². The number of aryl methyl sites for hydroxylation is 1. The summed E-state index contributed by atoms with van der Waals surface area (Å²) < 4.78 is 13.1. The van der Waals surface area contributed by atoms with E-state index in [2.05, 4.69) is 19.6 Å². The van der Waals surface area contributed by atoms with E-state index in [-0.39, 0.29) is 5.25 Å². The number of benzene rings is 2. The molecule has 0 aromatic heterocycles. The van der Waals surface area contributed by atoms with Crippen LogP contribution in [0.4, 0.5) is 0 Å². The van der Waals surface area contributed by atoms with Crippen molar-refractivity contribution in [2.45, 2.75) is 48.9 Å². The topological polar surface area (TPSA) is 37.3 Å². The Hall–Kier alpha value is -1.23. The molecule has 2 aromatic carbocycles. The Labute approximate surface area is 143 Å². The molecule has 0 saturated heterocycles. The Kier molecular flexibility index (Phi) is 5.95. The van der Waals surface area contributed by atoms with Crippen LogP contribution in [0.3, 0.4) is 0 Å². The molecule has 0 fully saturated rings. The molecule has 0 aliphatic carbocycles. The van der Waals surface area contributed by atoms with Gasteiger partial charge in [-0.1, -0.05) is 67.7 Å². The van der Waals surface area contributed by atoms with Crippen LogP contribution in [0.15, 0.2) is 59.5 Å². The summed E-state index contributed by atoms with van der Waals surface area (Å²) in [5.41, 5.74) is 1.99. The van der Waals surface area contributed by atoms with Gasteiger partial charge in [0.25, 0.3) is 0 Å². The number of hydrogen-bond donors (Lipinski definition) is 1. The molecule has 2 aromatic rings. The second-order valence-corrected chi connectivity index (χ2v) is 14.5. The van der Waals surface area contributed by atoms with Crippen LogP contribution in [0.2, 0.25) is 25.7 Å². The van der Waals surface area contributed by atoms with Crippen LogP contribution in [0.5, 0.6) is 0 Å². The highest BCUT2D eigenvalue weighted by molar-refractivity contribution is 7.85. The smallest absolute Gasteiger partial charge is 0.0934 e. The zero-order valence-corrected chi connectivity index (χ0v) is 16.1. The van der Waals surface area contributed by atoms with E-state index in [1.165, 1.54) is 0 Å². The van der Waals surface area contributed by atoms with Crippen molar-refractivity contribution in [1.29, 1.82) is 0 Å². The highest BCUT2D eigenvalue weighted by Crippen LogP contribution is 2.30. The number of aliphatic hydroxyl groups is 1. The molecule has 0 spiro atoms. The zero-order valence-electron chi connectivity index (χ0n) is 14.3. The van der Waals surface area contributed by atoms with Crippen molar-refractivity contribution in [2.24, 2.45) is 0 Å². The molecular formula is C19H26O2SSi. The summed E-state index contributed by atoms with van der Waals surface area (Å²) in [5.74, 6) is 0. The molecule has 0 aliphatic rings. The Morgan fingerprint density at radius 3 is 2.09 bits per heavy atom. The second-order valence-electron chi connectivity index (χ2n) is 7.27. The molecule has 0 aliphatic heterocycles. The van der Waals surface area contributed by atoms with Crippen molar-refractivity contribution >= 4 is 18.9 Å². The van der Waals surface area contributed by atoms with Gasteiger partial charge in [0.1, 0.15) is 0 Å². The molecule has 4 heteroatoms. The summed E-state index contributed by atoms with van der Waals surface area (Å²) in [7, 11) is -2.70. The van der Waals surface area contributed by atoms with Crippen molar-refractivity contribution in [2.75, 3.05) is 0 Å². The van der Waals surface area contributed by atoms with Crippen molar-refractivity contribution < 1.29 is 9.32 Å². The van der Waals surface area contributed by atoms with Gasteiger partial charge in [0.15, 0.2) is 0 Å². The van der Waals surface area contributed by atoms with Gasteiger partial charge < -0.3 is 5.11 Å². The maximum Gasteiger partial charge on any atom is 0.0934 e. The molecular weight excluding hydrogens is 320 g/mol. The fourth-order valence-corrected chi connectivity index (χ4v) is 7.30. The quantitative estimate of drug-likeness (QED) is 0.780. The lowest BCUT2D eigenvalue weighted by Gasteiger charge is -2.28. The van der Waals surface area contributed by atoms with Crippen LogP contribution in [-0.4, -0.2) is 22.6 Å². The van der Waals surface area contributed by atoms with Gasteiger partial charge in [0, 0.05) is 13.0 Å². The monoisotopic (exact) mass is 346 g/mol. The highest BCUT2D eigenvalue weighted by Gasteiger charge is 2.32. The minimum Gasteiger partial charge on any atom is -0.387 e. The van der Waals surface area contributed by atoms with E-state index in [4.69, 9.17) is 0 Å². The van der Waals surface area contributed by atoms with Gasteiger partial charge in [-0.2, -0.15) is 0 Å². The predicted molar refractivity (Wildman–Crippen MR) is 101 cm³/mol. The van der Waals surface area contributed by atoms with Gasteiger partial charge >= 0.3 is 0 Å². The minimum absolute atomic E-state index is 0.272. The molecule has 0 saturated carbocycles. The van der Waals surface area contributed by atoms with Crippen molar-refractivity contribution in [3.8, 4) is 0 Å². The molecule has 0 radical (unpaired) electrons. The molecule has 23 heavy (non-hydrogen) atoms. The summed E-state index contributed by atoms with van der Waals surface area (Å²) >= 11 is 0. The summed E-state index contributed by atoms with van der Waals surface area (Å²) in [6.07, 6.45) is -0.704. The van der Waals surface area contributed by atoms with Gasteiger partial charge in [-0.05, 0) is 30.7 Å². The van der Waals surface area contributed by atoms with E-state index in [1.807, 2.05) is 61.5 Å². The van der Waals surface area contributed by atoms with Crippen LogP contribution in [0.1, 0.15) is 17.2 Å². The first-order valence-electron chi connectivity index (χ1n) is 7.98. The van der Waals surface area contributed by atoms with Gasteiger partial charge in [0.2, 0.25) is 0 Å². The maximum atomic E-state index is 13.1. The third-order valence-electron chi connectivity index (χ3n) is 3.84. The van der Waals surface area contributed by atoms with Crippen LogP contribution >= 0.6 is 0 Å².